The molecule has 1 amide bonds. The number of H-pyrrole nitrogens is 1. The summed E-state index contributed by atoms with van der Waals surface area (Å²) in [6, 6.07) is 10.8. The van der Waals surface area contributed by atoms with Gasteiger partial charge in [0.05, 0.1) is 6.04 Å². The van der Waals surface area contributed by atoms with Crippen LogP contribution in [-0.4, -0.2) is 27.3 Å². The smallest absolute Gasteiger partial charge is 0.220 e. The zero-order chi connectivity index (χ0) is 17.0. The molecule has 0 fully saturated rings. The SMILES string of the molecule is CC(=O)N1CCc2c([nH]c3ncccc23)C1c1ccc2c(c1)CCC2. The number of rotatable bonds is 1. The molecule has 1 unspecified atom stereocenters. The predicted molar refractivity (Wildman–Crippen MR) is 97.5 cm³/mol. The average Bonchev–Trinajstić information content (AvgIpc) is 3.24. The number of carbonyl (C=O) groups excluding carboxylic acids is 1. The summed E-state index contributed by atoms with van der Waals surface area (Å²) < 4.78 is 0. The molecule has 0 radical (unpaired) electrons. The Kier molecular flexibility index (Phi) is 3.20. The fraction of sp³-hybridized carbons (Fsp3) is 0.333. The summed E-state index contributed by atoms with van der Waals surface area (Å²) in [5.74, 6) is 0.128. The van der Waals surface area contributed by atoms with E-state index in [1.807, 2.05) is 17.2 Å². The number of aryl methyl sites for hydroxylation is 2. The van der Waals surface area contributed by atoms with E-state index in [0.717, 1.165) is 30.7 Å². The van der Waals surface area contributed by atoms with Crippen molar-refractivity contribution in [2.75, 3.05) is 6.54 Å². The summed E-state index contributed by atoms with van der Waals surface area (Å²) in [5, 5.41) is 1.19. The van der Waals surface area contributed by atoms with Crippen molar-refractivity contribution in [2.45, 2.75) is 38.6 Å². The quantitative estimate of drug-likeness (QED) is 0.741. The molecule has 0 saturated heterocycles. The van der Waals surface area contributed by atoms with Crippen LogP contribution in [0.2, 0.25) is 0 Å². The monoisotopic (exact) mass is 331 g/mol. The minimum Gasteiger partial charge on any atom is -0.341 e. The summed E-state index contributed by atoms with van der Waals surface area (Å²) in [5.41, 5.74) is 7.49. The largest absolute Gasteiger partial charge is 0.341 e. The first-order valence-corrected chi connectivity index (χ1v) is 9.07. The van der Waals surface area contributed by atoms with E-state index in [1.54, 1.807) is 6.92 Å². The van der Waals surface area contributed by atoms with Gasteiger partial charge < -0.3 is 9.88 Å². The van der Waals surface area contributed by atoms with Crippen LogP contribution in [0, 0.1) is 0 Å². The normalized spacial score (nSPS) is 19.1. The Morgan fingerprint density at radius 1 is 1.20 bits per heavy atom. The number of carbonyl (C=O) groups is 1. The van der Waals surface area contributed by atoms with Gasteiger partial charge >= 0.3 is 0 Å². The van der Waals surface area contributed by atoms with Gasteiger partial charge in [0.15, 0.2) is 0 Å². The average molecular weight is 331 g/mol. The number of amides is 1. The van der Waals surface area contributed by atoms with Crippen LogP contribution < -0.4 is 0 Å². The topological polar surface area (TPSA) is 49.0 Å². The Balaban J connectivity index is 1.71. The van der Waals surface area contributed by atoms with Crippen molar-refractivity contribution in [3.8, 4) is 0 Å². The molecule has 1 aliphatic heterocycles. The highest BCUT2D eigenvalue weighted by Crippen LogP contribution is 2.39. The van der Waals surface area contributed by atoms with Gasteiger partial charge in [-0.2, -0.15) is 0 Å². The highest BCUT2D eigenvalue weighted by atomic mass is 16.2. The van der Waals surface area contributed by atoms with Gasteiger partial charge in [0.25, 0.3) is 0 Å². The zero-order valence-corrected chi connectivity index (χ0v) is 14.4. The Morgan fingerprint density at radius 3 is 2.96 bits per heavy atom. The number of aromatic amines is 1. The second kappa shape index (κ2) is 5.45. The Bertz CT molecular complexity index is 988. The van der Waals surface area contributed by atoms with E-state index in [2.05, 4.69) is 34.2 Å². The first kappa shape index (κ1) is 14.7. The number of pyridine rings is 1. The van der Waals surface area contributed by atoms with Crippen molar-refractivity contribution in [2.24, 2.45) is 0 Å². The van der Waals surface area contributed by atoms with Gasteiger partial charge in [0.2, 0.25) is 5.91 Å². The standard InChI is InChI=1S/C21H21N3O/c1-13(25)24-11-9-17-18-6-3-10-22-21(18)23-19(17)20(24)16-8-7-14-4-2-5-15(14)12-16/h3,6-8,10,12,20H,2,4-5,9,11H2,1H3,(H,22,23). The van der Waals surface area contributed by atoms with Gasteiger partial charge in [-0.1, -0.05) is 18.2 Å². The summed E-state index contributed by atoms with van der Waals surface area (Å²) in [7, 11) is 0. The van der Waals surface area contributed by atoms with Gasteiger partial charge in [0.1, 0.15) is 5.65 Å². The minimum atomic E-state index is -0.0404. The lowest BCUT2D eigenvalue weighted by molar-refractivity contribution is -0.130. The summed E-state index contributed by atoms with van der Waals surface area (Å²) in [6.07, 6.45) is 6.26. The molecule has 3 aromatic rings. The summed E-state index contributed by atoms with van der Waals surface area (Å²) in [6.45, 7) is 2.43. The lowest BCUT2D eigenvalue weighted by Gasteiger charge is -2.35. The van der Waals surface area contributed by atoms with Gasteiger partial charge in [-0.05, 0) is 60.1 Å². The molecule has 4 heteroatoms. The summed E-state index contributed by atoms with van der Waals surface area (Å²) >= 11 is 0. The van der Waals surface area contributed by atoms with Crippen LogP contribution in [0.1, 0.15) is 47.3 Å². The number of fused-ring (bicyclic) bond motifs is 4. The molecule has 126 valence electrons. The molecular formula is C21H21N3O. The van der Waals surface area contributed by atoms with Crippen LogP contribution in [0.5, 0.6) is 0 Å². The van der Waals surface area contributed by atoms with Crippen molar-refractivity contribution >= 4 is 16.9 Å². The lowest BCUT2D eigenvalue weighted by Crippen LogP contribution is -2.39. The maximum atomic E-state index is 12.3. The number of nitrogens with one attached hydrogen (secondary N) is 1. The van der Waals surface area contributed by atoms with Crippen LogP contribution >= 0.6 is 0 Å². The number of hydrogen-bond donors (Lipinski definition) is 1. The highest BCUT2D eigenvalue weighted by Gasteiger charge is 2.33. The molecule has 1 aromatic carbocycles. The van der Waals surface area contributed by atoms with Gasteiger partial charge in [-0.15, -0.1) is 0 Å². The maximum Gasteiger partial charge on any atom is 0.220 e. The van der Waals surface area contributed by atoms with Crippen molar-refractivity contribution in [1.29, 1.82) is 0 Å². The summed E-state index contributed by atoms with van der Waals surface area (Å²) in [4.78, 5) is 22.3. The van der Waals surface area contributed by atoms with E-state index in [-0.39, 0.29) is 11.9 Å². The maximum absolute atomic E-state index is 12.3. The molecule has 2 aromatic heterocycles. The van der Waals surface area contributed by atoms with E-state index in [0.29, 0.717) is 0 Å². The first-order valence-electron chi connectivity index (χ1n) is 9.07. The molecular weight excluding hydrogens is 310 g/mol. The minimum absolute atomic E-state index is 0.0404. The number of aromatic nitrogens is 2. The molecule has 1 atom stereocenters. The van der Waals surface area contributed by atoms with E-state index in [1.165, 1.54) is 40.5 Å². The molecule has 3 heterocycles. The molecule has 1 aliphatic carbocycles. The van der Waals surface area contributed by atoms with Crippen LogP contribution in [0.3, 0.4) is 0 Å². The Labute approximate surface area is 146 Å². The second-order valence-electron chi connectivity index (χ2n) is 7.16. The van der Waals surface area contributed by atoms with Crippen molar-refractivity contribution in [3.63, 3.8) is 0 Å². The third-order valence-corrected chi connectivity index (χ3v) is 5.74. The zero-order valence-electron chi connectivity index (χ0n) is 14.4. The molecule has 0 spiro atoms. The van der Waals surface area contributed by atoms with E-state index in [4.69, 9.17) is 0 Å². The second-order valence-corrected chi connectivity index (χ2v) is 7.16. The highest BCUT2D eigenvalue weighted by molar-refractivity contribution is 5.83. The van der Waals surface area contributed by atoms with Crippen molar-refractivity contribution in [3.05, 3.63) is 64.5 Å². The fourth-order valence-electron chi connectivity index (χ4n) is 4.56. The third kappa shape index (κ3) is 2.20. The van der Waals surface area contributed by atoms with Gasteiger partial charge in [0, 0.05) is 30.7 Å². The molecule has 0 saturated carbocycles. The van der Waals surface area contributed by atoms with Gasteiger partial charge in [-0.3, -0.25) is 4.79 Å². The first-order chi connectivity index (χ1) is 12.2. The lowest BCUT2D eigenvalue weighted by atomic mass is 9.91. The molecule has 25 heavy (non-hydrogen) atoms. The van der Waals surface area contributed by atoms with Crippen LogP contribution in [0.25, 0.3) is 11.0 Å². The van der Waals surface area contributed by atoms with Crippen molar-refractivity contribution < 1.29 is 4.79 Å². The molecule has 0 bridgehead atoms. The van der Waals surface area contributed by atoms with Crippen LogP contribution in [-0.2, 0) is 24.1 Å². The van der Waals surface area contributed by atoms with Crippen LogP contribution in [0.15, 0.2) is 36.5 Å². The molecule has 5 rings (SSSR count). The molecule has 4 nitrogen and oxygen atoms in total. The molecule has 1 N–H and O–H groups in total. The Morgan fingerprint density at radius 2 is 2.08 bits per heavy atom. The fourth-order valence-corrected chi connectivity index (χ4v) is 4.56. The van der Waals surface area contributed by atoms with Gasteiger partial charge in [-0.25, -0.2) is 4.98 Å². The number of nitrogens with zero attached hydrogens (tertiary/aromatic N) is 2. The van der Waals surface area contributed by atoms with E-state index < -0.39 is 0 Å². The number of benzene rings is 1. The Hall–Kier alpha value is -2.62. The van der Waals surface area contributed by atoms with E-state index in [9.17, 15) is 4.79 Å². The third-order valence-electron chi connectivity index (χ3n) is 5.74. The van der Waals surface area contributed by atoms with Crippen molar-refractivity contribution in [1.82, 2.24) is 14.9 Å². The predicted octanol–water partition coefficient (Wildman–Crippen LogP) is 3.55. The number of hydrogen-bond acceptors (Lipinski definition) is 2. The van der Waals surface area contributed by atoms with E-state index >= 15 is 0 Å². The van der Waals surface area contributed by atoms with Crippen LogP contribution in [0.4, 0.5) is 0 Å². The molecule has 2 aliphatic rings.